The van der Waals surface area contributed by atoms with E-state index in [2.05, 4.69) is 10.3 Å². The number of benzene rings is 2. The zero-order chi connectivity index (χ0) is 17.8. The summed E-state index contributed by atoms with van der Waals surface area (Å²) in [5.41, 5.74) is 1.50. The number of rotatable bonds is 5. The number of hydrogen-bond acceptors (Lipinski definition) is 4. The molecule has 1 aliphatic heterocycles. The van der Waals surface area contributed by atoms with Crippen LogP contribution in [0.3, 0.4) is 0 Å². The van der Waals surface area contributed by atoms with E-state index < -0.39 is 0 Å². The molecule has 26 heavy (non-hydrogen) atoms. The number of para-hydroxylation sites is 1. The highest BCUT2D eigenvalue weighted by Gasteiger charge is 2.29. The van der Waals surface area contributed by atoms with Gasteiger partial charge < -0.3 is 9.64 Å². The van der Waals surface area contributed by atoms with E-state index in [1.165, 1.54) is 0 Å². The Hall–Kier alpha value is -3.15. The summed E-state index contributed by atoms with van der Waals surface area (Å²) in [7, 11) is 0. The molecular formula is C20H20N4O2. The van der Waals surface area contributed by atoms with E-state index in [9.17, 15) is 4.79 Å². The number of aromatic nitrogens is 3. The summed E-state index contributed by atoms with van der Waals surface area (Å²) in [6.07, 6.45) is 2.54. The Bertz CT molecular complexity index is 864. The second kappa shape index (κ2) is 7.39. The largest absolute Gasteiger partial charge is 0.489 e. The van der Waals surface area contributed by atoms with Gasteiger partial charge in [-0.05, 0) is 17.7 Å². The summed E-state index contributed by atoms with van der Waals surface area (Å²) >= 11 is 0. The molecule has 1 aliphatic rings. The molecule has 0 N–H and O–H groups in total. The normalized spacial score (nSPS) is 16.6. The van der Waals surface area contributed by atoms with Crippen LogP contribution in [0.4, 0.5) is 0 Å². The third kappa shape index (κ3) is 3.74. The third-order valence-corrected chi connectivity index (χ3v) is 4.42. The van der Waals surface area contributed by atoms with Gasteiger partial charge in [0.25, 0.3) is 5.91 Å². The van der Waals surface area contributed by atoms with Crippen molar-refractivity contribution in [2.75, 3.05) is 13.1 Å². The number of ether oxygens (including phenoxy) is 1. The highest BCUT2D eigenvalue weighted by atomic mass is 16.5. The fourth-order valence-electron chi connectivity index (χ4n) is 3.11. The smallest absolute Gasteiger partial charge is 0.276 e. The molecular weight excluding hydrogens is 328 g/mol. The summed E-state index contributed by atoms with van der Waals surface area (Å²) in [5, 5.41) is 8.13. The van der Waals surface area contributed by atoms with Crippen molar-refractivity contribution in [1.82, 2.24) is 19.9 Å². The molecule has 1 saturated heterocycles. The molecule has 1 atom stereocenters. The molecule has 1 aromatic heterocycles. The van der Waals surface area contributed by atoms with Crippen LogP contribution in [-0.2, 0) is 6.54 Å². The average Bonchev–Trinajstić information content (AvgIpc) is 3.33. The van der Waals surface area contributed by atoms with Crippen LogP contribution >= 0.6 is 0 Å². The van der Waals surface area contributed by atoms with Gasteiger partial charge in [-0.3, -0.25) is 4.79 Å². The van der Waals surface area contributed by atoms with Crippen LogP contribution in [0.1, 0.15) is 22.5 Å². The SMILES string of the molecule is O=C(c1cn(Cc2ccccc2)nn1)N1CCC(Oc2ccccc2)C1. The number of likely N-dealkylation sites (tertiary alicyclic amines) is 1. The molecule has 0 aliphatic carbocycles. The minimum absolute atomic E-state index is 0.0145. The van der Waals surface area contributed by atoms with Crippen molar-refractivity contribution in [2.45, 2.75) is 19.1 Å². The van der Waals surface area contributed by atoms with Crippen LogP contribution in [0.25, 0.3) is 0 Å². The van der Waals surface area contributed by atoms with Gasteiger partial charge in [0.2, 0.25) is 0 Å². The molecule has 0 saturated carbocycles. The lowest BCUT2D eigenvalue weighted by Crippen LogP contribution is -2.31. The van der Waals surface area contributed by atoms with Gasteiger partial charge in [-0.1, -0.05) is 53.7 Å². The molecule has 0 radical (unpaired) electrons. The summed E-state index contributed by atoms with van der Waals surface area (Å²) in [6.45, 7) is 1.84. The van der Waals surface area contributed by atoms with Crippen LogP contribution in [-0.4, -0.2) is 45.0 Å². The first-order chi connectivity index (χ1) is 12.8. The summed E-state index contributed by atoms with van der Waals surface area (Å²) in [4.78, 5) is 14.4. The molecule has 2 aromatic carbocycles. The van der Waals surface area contributed by atoms with E-state index in [0.29, 0.717) is 25.3 Å². The molecule has 0 spiro atoms. The van der Waals surface area contributed by atoms with Gasteiger partial charge in [0.15, 0.2) is 5.69 Å². The van der Waals surface area contributed by atoms with Gasteiger partial charge in [-0.2, -0.15) is 0 Å². The first kappa shape index (κ1) is 16.3. The number of carbonyl (C=O) groups excluding carboxylic acids is 1. The van der Waals surface area contributed by atoms with Crippen LogP contribution in [0.15, 0.2) is 66.9 Å². The molecule has 1 unspecified atom stereocenters. The second-order valence-electron chi connectivity index (χ2n) is 6.38. The minimum Gasteiger partial charge on any atom is -0.489 e. The van der Waals surface area contributed by atoms with Gasteiger partial charge >= 0.3 is 0 Å². The Morgan fingerprint density at radius 3 is 2.58 bits per heavy atom. The topological polar surface area (TPSA) is 60.2 Å². The zero-order valence-electron chi connectivity index (χ0n) is 14.4. The number of amides is 1. The van der Waals surface area contributed by atoms with Gasteiger partial charge in [-0.15, -0.1) is 5.10 Å². The van der Waals surface area contributed by atoms with E-state index in [4.69, 9.17) is 4.74 Å². The maximum absolute atomic E-state index is 12.7. The Morgan fingerprint density at radius 2 is 1.81 bits per heavy atom. The Labute approximate surface area is 152 Å². The van der Waals surface area contributed by atoms with Gasteiger partial charge in [0.05, 0.1) is 19.3 Å². The Kier molecular flexibility index (Phi) is 4.64. The van der Waals surface area contributed by atoms with Crippen molar-refractivity contribution in [2.24, 2.45) is 0 Å². The molecule has 4 rings (SSSR count). The lowest BCUT2D eigenvalue weighted by Gasteiger charge is -2.16. The van der Waals surface area contributed by atoms with Crippen molar-refractivity contribution >= 4 is 5.91 Å². The molecule has 2 heterocycles. The van der Waals surface area contributed by atoms with E-state index in [1.54, 1.807) is 15.8 Å². The van der Waals surface area contributed by atoms with Gasteiger partial charge in [0, 0.05) is 13.0 Å². The van der Waals surface area contributed by atoms with Crippen LogP contribution in [0.2, 0.25) is 0 Å². The van der Waals surface area contributed by atoms with Crippen molar-refractivity contribution in [1.29, 1.82) is 0 Å². The van der Waals surface area contributed by atoms with Crippen LogP contribution < -0.4 is 4.74 Å². The minimum atomic E-state index is -0.0940. The summed E-state index contributed by atoms with van der Waals surface area (Å²) < 4.78 is 7.63. The van der Waals surface area contributed by atoms with Crippen LogP contribution in [0, 0.1) is 0 Å². The molecule has 0 bridgehead atoms. The lowest BCUT2D eigenvalue weighted by atomic mass is 10.2. The van der Waals surface area contributed by atoms with Crippen molar-refractivity contribution in [3.63, 3.8) is 0 Å². The van der Waals surface area contributed by atoms with E-state index in [-0.39, 0.29) is 12.0 Å². The van der Waals surface area contributed by atoms with Crippen LogP contribution in [0.5, 0.6) is 5.75 Å². The first-order valence-corrected chi connectivity index (χ1v) is 8.73. The van der Waals surface area contributed by atoms with Crippen molar-refractivity contribution < 1.29 is 9.53 Å². The highest BCUT2D eigenvalue weighted by Crippen LogP contribution is 2.19. The monoisotopic (exact) mass is 348 g/mol. The fourth-order valence-corrected chi connectivity index (χ4v) is 3.11. The predicted molar refractivity (Wildman–Crippen MR) is 96.9 cm³/mol. The van der Waals surface area contributed by atoms with Crippen molar-refractivity contribution in [3.8, 4) is 5.75 Å². The van der Waals surface area contributed by atoms with E-state index in [0.717, 1.165) is 17.7 Å². The molecule has 6 nitrogen and oxygen atoms in total. The number of nitrogens with zero attached hydrogens (tertiary/aromatic N) is 4. The lowest BCUT2D eigenvalue weighted by molar-refractivity contribution is 0.0766. The maximum atomic E-state index is 12.7. The molecule has 6 heteroatoms. The predicted octanol–water partition coefficient (Wildman–Crippen LogP) is 2.62. The zero-order valence-corrected chi connectivity index (χ0v) is 14.4. The Balaban J connectivity index is 1.36. The maximum Gasteiger partial charge on any atom is 0.276 e. The summed E-state index contributed by atoms with van der Waals surface area (Å²) in [6, 6.07) is 19.7. The summed E-state index contributed by atoms with van der Waals surface area (Å²) in [5.74, 6) is 0.740. The standard InChI is InChI=1S/C20H20N4O2/c25-20(19-15-24(22-21-19)13-16-7-3-1-4-8-16)23-12-11-18(14-23)26-17-9-5-2-6-10-17/h1-10,15,18H,11-14H2. The molecule has 132 valence electrons. The highest BCUT2D eigenvalue weighted by molar-refractivity contribution is 5.92. The van der Waals surface area contributed by atoms with Gasteiger partial charge in [-0.25, -0.2) is 4.68 Å². The fraction of sp³-hybridized carbons (Fsp3) is 0.250. The Morgan fingerprint density at radius 1 is 1.08 bits per heavy atom. The van der Waals surface area contributed by atoms with E-state index in [1.807, 2.05) is 60.7 Å². The second-order valence-corrected chi connectivity index (χ2v) is 6.38. The average molecular weight is 348 g/mol. The third-order valence-electron chi connectivity index (χ3n) is 4.42. The van der Waals surface area contributed by atoms with Crippen molar-refractivity contribution in [3.05, 3.63) is 78.1 Å². The quantitative estimate of drug-likeness (QED) is 0.711. The van der Waals surface area contributed by atoms with Gasteiger partial charge in [0.1, 0.15) is 11.9 Å². The first-order valence-electron chi connectivity index (χ1n) is 8.73. The number of hydrogen-bond donors (Lipinski definition) is 0. The molecule has 1 amide bonds. The van der Waals surface area contributed by atoms with E-state index >= 15 is 0 Å². The molecule has 3 aromatic rings. The molecule has 1 fully saturated rings. The number of carbonyl (C=O) groups is 1.